The van der Waals surface area contributed by atoms with Crippen LogP contribution in [0.5, 0.6) is 0 Å². The number of aromatic nitrogens is 2. The minimum Gasteiger partial charge on any atom is -0.414 e. The fourth-order valence-corrected chi connectivity index (χ4v) is 18.0. The largest absolute Gasteiger partial charge is 0.414 e. The number of fused-ring (bicyclic) bond motifs is 1. The number of hydrogen-bond acceptors (Lipinski definition) is 10. The van der Waals surface area contributed by atoms with Gasteiger partial charge in [0, 0.05) is 30.3 Å². The molecule has 2 fully saturated rings. The quantitative estimate of drug-likeness (QED) is 0.245. The highest BCUT2D eigenvalue weighted by molar-refractivity contribution is 7.98. The Hall–Kier alpha value is -2.12. The lowest BCUT2D eigenvalue weighted by atomic mass is 10.1. The third kappa shape index (κ3) is 5.72. The van der Waals surface area contributed by atoms with Gasteiger partial charge in [-0.15, -0.1) is 0 Å². The summed E-state index contributed by atoms with van der Waals surface area (Å²) in [6, 6.07) is 7.01. The number of rotatable bonds is 8. The summed E-state index contributed by atoms with van der Waals surface area (Å²) in [4.78, 5) is 37.5. The molecule has 0 radical (unpaired) electrons. The van der Waals surface area contributed by atoms with E-state index in [1.807, 2.05) is 0 Å². The SMILES string of the molecule is CC(C)[Si]1(C(C)C)OC[C@H]2O[C@@H](n3ccc(=O)n(Sc4ccccc4[N+](=O)[O-])c3=O)[C@H](O)[C@@H]2O[Si](C(C)C)(C(C)C)O1. The third-order valence-electron chi connectivity index (χ3n) is 8.14. The van der Waals surface area contributed by atoms with E-state index in [1.54, 1.807) is 6.07 Å². The lowest BCUT2D eigenvalue weighted by molar-refractivity contribution is -0.387. The van der Waals surface area contributed by atoms with Crippen LogP contribution >= 0.6 is 11.9 Å². The molecule has 2 saturated heterocycles. The van der Waals surface area contributed by atoms with Crippen molar-refractivity contribution in [3.63, 3.8) is 0 Å². The molecule has 0 unspecified atom stereocenters. The number of aliphatic hydroxyl groups is 1. The Kier molecular flexibility index (Phi) is 9.74. The van der Waals surface area contributed by atoms with Gasteiger partial charge in [-0.25, -0.2) is 4.79 Å². The first kappa shape index (κ1) is 32.8. The predicted octanol–water partition coefficient (Wildman–Crippen LogP) is 4.69. The standard InChI is InChI=1S/C27H41N3O9SSi2/c1-16(2)41(17(3)4)36-15-21-25(38-42(39-41,18(5)6)19(7)8)24(32)26(37-21)28-14-13-23(31)29(27(28)33)40-22-12-10-9-11-20(22)30(34)35/h9-14,16-19,21,24-26,32H,15H2,1-8H3/t21-,24-,25-,26-/m1/s1. The molecule has 4 atom stereocenters. The molecule has 1 aromatic carbocycles. The molecule has 2 aromatic rings. The van der Waals surface area contributed by atoms with Crippen molar-refractivity contribution in [3.8, 4) is 0 Å². The van der Waals surface area contributed by atoms with E-state index in [4.69, 9.17) is 17.7 Å². The topological polar surface area (TPSA) is 144 Å². The van der Waals surface area contributed by atoms with Crippen LogP contribution in [-0.2, 0) is 17.7 Å². The number of nitrogens with zero attached hydrogens (tertiary/aromatic N) is 3. The molecular weight excluding hydrogens is 599 g/mol. The number of para-hydroxylation sites is 1. The van der Waals surface area contributed by atoms with Crippen LogP contribution in [0.25, 0.3) is 0 Å². The van der Waals surface area contributed by atoms with Crippen LogP contribution < -0.4 is 11.2 Å². The van der Waals surface area contributed by atoms with Crippen molar-refractivity contribution in [1.82, 2.24) is 8.54 Å². The average molecular weight is 640 g/mol. The zero-order valence-corrected chi connectivity index (χ0v) is 28.1. The Morgan fingerprint density at radius 2 is 1.57 bits per heavy atom. The lowest BCUT2D eigenvalue weighted by Gasteiger charge is -2.51. The maximum Gasteiger partial charge on any atom is 0.343 e. The highest BCUT2D eigenvalue weighted by atomic mass is 32.2. The van der Waals surface area contributed by atoms with E-state index in [2.05, 4.69) is 55.4 Å². The van der Waals surface area contributed by atoms with Crippen LogP contribution in [0.3, 0.4) is 0 Å². The summed E-state index contributed by atoms with van der Waals surface area (Å²) < 4.78 is 29.0. The molecule has 3 heterocycles. The molecule has 232 valence electrons. The molecule has 0 aliphatic carbocycles. The van der Waals surface area contributed by atoms with Crippen LogP contribution in [0.4, 0.5) is 5.69 Å². The fourth-order valence-electron chi connectivity index (χ4n) is 5.90. The molecule has 4 rings (SSSR count). The van der Waals surface area contributed by atoms with Crippen molar-refractivity contribution >= 4 is 34.8 Å². The number of hydrogen-bond donors (Lipinski definition) is 1. The molecule has 2 aliphatic rings. The highest BCUT2D eigenvalue weighted by Crippen LogP contribution is 2.48. The Morgan fingerprint density at radius 3 is 2.14 bits per heavy atom. The molecule has 1 N–H and O–H groups in total. The van der Waals surface area contributed by atoms with Gasteiger partial charge in [0.15, 0.2) is 6.23 Å². The van der Waals surface area contributed by atoms with Gasteiger partial charge in [-0.2, -0.15) is 3.97 Å². The number of nitro benzene ring substituents is 1. The van der Waals surface area contributed by atoms with Crippen LogP contribution in [0.1, 0.15) is 61.6 Å². The minimum atomic E-state index is -3.05. The van der Waals surface area contributed by atoms with E-state index in [-0.39, 0.29) is 39.4 Å². The zero-order chi connectivity index (χ0) is 31.1. The highest BCUT2D eigenvalue weighted by Gasteiger charge is 2.61. The number of benzene rings is 1. The second-order valence-corrected chi connectivity index (χ2v) is 21.9. The van der Waals surface area contributed by atoms with Gasteiger partial charge < -0.3 is 22.8 Å². The van der Waals surface area contributed by atoms with Crippen molar-refractivity contribution < 1.29 is 27.7 Å². The van der Waals surface area contributed by atoms with E-state index in [9.17, 15) is 24.8 Å². The first-order valence-corrected chi connectivity index (χ1v) is 19.0. The van der Waals surface area contributed by atoms with Crippen molar-refractivity contribution in [2.24, 2.45) is 0 Å². The number of aliphatic hydroxyl groups excluding tert-OH is 1. The molecule has 12 nitrogen and oxygen atoms in total. The van der Waals surface area contributed by atoms with Crippen molar-refractivity contribution in [1.29, 1.82) is 0 Å². The normalized spacial score (nSPS) is 25.5. The third-order valence-corrected chi connectivity index (χ3v) is 19.4. The smallest absolute Gasteiger partial charge is 0.343 e. The molecule has 42 heavy (non-hydrogen) atoms. The zero-order valence-electron chi connectivity index (χ0n) is 25.3. The molecule has 0 bridgehead atoms. The van der Waals surface area contributed by atoms with Crippen LogP contribution in [0, 0.1) is 10.1 Å². The van der Waals surface area contributed by atoms with Crippen LogP contribution in [0.2, 0.25) is 22.2 Å². The van der Waals surface area contributed by atoms with E-state index in [0.717, 1.165) is 14.6 Å². The lowest BCUT2D eigenvalue weighted by Crippen LogP contribution is -2.65. The summed E-state index contributed by atoms with van der Waals surface area (Å²) in [5.41, 5.74) is -1.41. The first-order chi connectivity index (χ1) is 19.7. The van der Waals surface area contributed by atoms with Gasteiger partial charge in [0.25, 0.3) is 11.2 Å². The summed E-state index contributed by atoms with van der Waals surface area (Å²) in [5, 5.41) is 23.1. The van der Waals surface area contributed by atoms with Gasteiger partial charge in [-0.3, -0.25) is 19.5 Å². The summed E-state index contributed by atoms with van der Waals surface area (Å²) >= 11 is 0.644. The van der Waals surface area contributed by atoms with Crippen molar-refractivity contribution in [2.45, 2.75) is 107 Å². The Morgan fingerprint density at radius 1 is 0.976 bits per heavy atom. The molecule has 0 saturated carbocycles. The predicted molar refractivity (Wildman–Crippen MR) is 163 cm³/mol. The van der Waals surface area contributed by atoms with Gasteiger partial charge >= 0.3 is 22.8 Å². The Balaban J connectivity index is 1.76. The minimum absolute atomic E-state index is 0.0261. The Bertz CT molecular complexity index is 1400. The second kappa shape index (κ2) is 12.5. The van der Waals surface area contributed by atoms with Gasteiger partial charge in [0.1, 0.15) is 23.2 Å². The molecular formula is C27H41N3O9SSi2. The molecule has 0 spiro atoms. The monoisotopic (exact) mass is 639 g/mol. The van der Waals surface area contributed by atoms with Gasteiger partial charge in [-0.05, 0) is 28.2 Å². The summed E-state index contributed by atoms with van der Waals surface area (Å²) in [6.07, 6.45) is -2.74. The number of nitro groups is 1. The summed E-state index contributed by atoms with van der Waals surface area (Å²) in [7, 11) is -5.90. The van der Waals surface area contributed by atoms with E-state index in [1.165, 1.54) is 24.4 Å². The van der Waals surface area contributed by atoms with Gasteiger partial charge in [-0.1, -0.05) is 67.5 Å². The second-order valence-electron chi connectivity index (χ2n) is 12.1. The van der Waals surface area contributed by atoms with Gasteiger partial charge in [0.05, 0.1) is 11.5 Å². The maximum absolute atomic E-state index is 13.6. The van der Waals surface area contributed by atoms with Crippen molar-refractivity contribution in [2.75, 3.05) is 6.61 Å². The van der Waals surface area contributed by atoms with Crippen molar-refractivity contribution in [3.05, 3.63) is 67.5 Å². The number of ether oxygens (including phenoxy) is 1. The van der Waals surface area contributed by atoms with Crippen LogP contribution in [0.15, 0.2) is 51.0 Å². The molecule has 2 aliphatic heterocycles. The molecule has 0 amide bonds. The van der Waals surface area contributed by atoms with E-state index >= 15 is 0 Å². The molecule has 15 heteroatoms. The summed E-state index contributed by atoms with van der Waals surface area (Å²) in [5.74, 6) is 0. The summed E-state index contributed by atoms with van der Waals surface area (Å²) in [6.45, 7) is 16.8. The van der Waals surface area contributed by atoms with E-state index < -0.39 is 57.8 Å². The van der Waals surface area contributed by atoms with Crippen LogP contribution in [-0.4, -0.2) is 60.6 Å². The fraction of sp³-hybridized carbons (Fsp3) is 0.630. The maximum atomic E-state index is 13.6. The average Bonchev–Trinajstić information content (AvgIpc) is 3.19. The first-order valence-electron chi connectivity index (χ1n) is 14.3. The van der Waals surface area contributed by atoms with Gasteiger partial charge in [0.2, 0.25) is 0 Å². The Labute approximate surface area is 251 Å². The molecule has 1 aromatic heterocycles. The van der Waals surface area contributed by atoms with E-state index in [0.29, 0.717) is 11.9 Å².